The maximum absolute atomic E-state index is 12.0. The Balaban J connectivity index is 1.82. The highest BCUT2D eigenvalue weighted by atomic mass is 19.4. The van der Waals surface area contributed by atoms with E-state index >= 15 is 0 Å². The van der Waals surface area contributed by atoms with E-state index < -0.39 is 30.6 Å². The Morgan fingerprint density at radius 2 is 1.83 bits per heavy atom. The van der Waals surface area contributed by atoms with Crippen molar-refractivity contribution in [2.24, 2.45) is 0 Å². The molecule has 122 valence electrons. The molecule has 23 heavy (non-hydrogen) atoms. The summed E-state index contributed by atoms with van der Waals surface area (Å²) in [6.07, 6.45) is -2.34. The third-order valence-electron chi connectivity index (χ3n) is 2.46. The lowest BCUT2D eigenvalue weighted by Gasteiger charge is -2.10. The quantitative estimate of drug-likeness (QED) is 0.853. The van der Waals surface area contributed by atoms with Crippen LogP contribution >= 0.6 is 0 Å². The van der Waals surface area contributed by atoms with Crippen molar-refractivity contribution >= 4 is 17.6 Å². The summed E-state index contributed by atoms with van der Waals surface area (Å²) in [5, 5.41) is 2.36. The molecule has 0 aliphatic rings. The van der Waals surface area contributed by atoms with Crippen LogP contribution in [0.3, 0.4) is 0 Å². The molecular weight excluding hydrogens is 319 g/mol. The maximum Gasteiger partial charge on any atom is 0.573 e. The van der Waals surface area contributed by atoms with E-state index in [-0.39, 0.29) is 11.3 Å². The Hall–Kier alpha value is -2.97. The first-order chi connectivity index (χ1) is 10.8. The molecule has 0 fully saturated rings. The van der Waals surface area contributed by atoms with Crippen molar-refractivity contribution in [2.75, 3.05) is 11.9 Å². The highest BCUT2D eigenvalue weighted by Gasteiger charge is 2.30. The van der Waals surface area contributed by atoms with E-state index in [1.165, 1.54) is 30.7 Å². The van der Waals surface area contributed by atoms with Gasteiger partial charge in [-0.2, -0.15) is 0 Å². The number of ether oxygens (including phenoxy) is 2. The molecule has 1 amide bonds. The van der Waals surface area contributed by atoms with E-state index in [4.69, 9.17) is 9.15 Å². The van der Waals surface area contributed by atoms with Crippen molar-refractivity contribution in [2.45, 2.75) is 6.36 Å². The van der Waals surface area contributed by atoms with E-state index in [2.05, 4.69) is 10.1 Å². The second-order valence-corrected chi connectivity index (χ2v) is 4.21. The Labute approximate surface area is 127 Å². The summed E-state index contributed by atoms with van der Waals surface area (Å²) in [4.78, 5) is 23.0. The number of esters is 1. The van der Waals surface area contributed by atoms with Gasteiger partial charge in [0.1, 0.15) is 12.0 Å². The van der Waals surface area contributed by atoms with E-state index in [0.717, 1.165) is 12.1 Å². The van der Waals surface area contributed by atoms with Crippen LogP contribution in [0.5, 0.6) is 5.75 Å². The van der Waals surface area contributed by atoms with E-state index in [1.807, 2.05) is 0 Å². The highest BCUT2D eigenvalue weighted by molar-refractivity contribution is 5.95. The average molecular weight is 329 g/mol. The van der Waals surface area contributed by atoms with Crippen LogP contribution in [-0.4, -0.2) is 24.8 Å². The van der Waals surface area contributed by atoms with Gasteiger partial charge in [-0.05, 0) is 30.3 Å². The fourth-order valence-electron chi connectivity index (χ4n) is 1.53. The first-order valence-corrected chi connectivity index (χ1v) is 6.18. The molecule has 0 atom stereocenters. The summed E-state index contributed by atoms with van der Waals surface area (Å²) >= 11 is 0. The fourth-order valence-corrected chi connectivity index (χ4v) is 1.53. The number of amides is 1. The van der Waals surface area contributed by atoms with Crippen molar-refractivity contribution in [3.05, 3.63) is 48.4 Å². The Morgan fingerprint density at radius 3 is 2.39 bits per heavy atom. The number of hydrogen-bond acceptors (Lipinski definition) is 5. The Morgan fingerprint density at radius 1 is 1.13 bits per heavy atom. The molecular formula is C14H10F3NO5. The highest BCUT2D eigenvalue weighted by Crippen LogP contribution is 2.23. The second kappa shape index (κ2) is 6.86. The number of rotatable bonds is 5. The van der Waals surface area contributed by atoms with Gasteiger partial charge in [0.05, 0.1) is 11.8 Å². The molecule has 0 unspecified atom stereocenters. The normalized spacial score (nSPS) is 10.9. The van der Waals surface area contributed by atoms with Crippen LogP contribution in [0.1, 0.15) is 10.4 Å². The van der Waals surface area contributed by atoms with Gasteiger partial charge in [-0.3, -0.25) is 4.79 Å². The minimum absolute atomic E-state index is 0.159. The van der Waals surface area contributed by atoms with Crippen LogP contribution < -0.4 is 10.1 Å². The number of anilines is 1. The molecule has 1 aromatic heterocycles. The molecule has 0 radical (unpaired) electrons. The summed E-state index contributed by atoms with van der Waals surface area (Å²) in [5.41, 5.74) is 0.385. The molecule has 2 rings (SSSR count). The van der Waals surface area contributed by atoms with Crippen molar-refractivity contribution < 1.29 is 36.7 Å². The van der Waals surface area contributed by atoms with E-state index in [1.54, 1.807) is 0 Å². The van der Waals surface area contributed by atoms with Gasteiger partial charge in [0.2, 0.25) is 0 Å². The largest absolute Gasteiger partial charge is 0.573 e. The van der Waals surface area contributed by atoms with Crippen LogP contribution in [0.4, 0.5) is 18.9 Å². The summed E-state index contributed by atoms with van der Waals surface area (Å²) in [7, 11) is 0. The third kappa shape index (κ3) is 5.38. The van der Waals surface area contributed by atoms with Gasteiger partial charge in [0, 0.05) is 5.69 Å². The molecule has 9 heteroatoms. The molecule has 0 saturated heterocycles. The SMILES string of the molecule is O=C(COC(=O)c1ccoc1)Nc1ccc(OC(F)(F)F)cc1. The van der Waals surface area contributed by atoms with Gasteiger partial charge in [-0.15, -0.1) is 13.2 Å². The lowest BCUT2D eigenvalue weighted by atomic mass is 10.3. The van der Waals surface area contributed by atoms with Crippen LogP contribution in [-0.2, 0) is 9.53 Å². The zero-order valence-corrected chi connectivity index (χ0v) is 11.4. The van der Waals surface area contributed by atoms with E-state index in [9.17, 15) is 22.8 Å². The minimum atomic E-state index is -4.79. The molecule has 1 N–H and O–H groups in total. The predicted molar refractivity (Wildman–Crippen MR) is 70.7 cm³/mol. The first kappa shape index (κ1) is 16.4. The zero-order valence-electron chi connectivity index (χ0n) is 11.4. The summed E-state index contributed by atoms with van der Waals surface area (Å²) in [5.74, 6) is -1.80. The number of hydrogen-bond donors (Lipinski definition) is 1. The summed E-state index contributed by atoms with van der Waals surface area (Å²) < 4.78 is 49.1. The lowest BCUT2D eigenvalue weighted by molar-refractivity contribution is -0.274. The van der Waals surface area contributed by atoms with Gasteiger partial charge in [0.25, 0.3) is 5.91 Å². The number of furan rings is 1. The number of alkyl halides is 3. The van der Waals surface area contributed by atoms with Crippen LogP contribution in [0.15, 0.2) is 47.3 Å². The smallest absolute Gasteiger partial charge is 0.472 e. The maximum atomic E-state index is 12.0. The topological polar surface area (TPSA) is 77.8 Å². The standard InChI is InChI=1S/C14H10F3NO5/c15-14(16,17)23-11-3-1-10(2-4-11)18-12(19)8-22-13(20)9-5-6-21-7-9/h1-7H,8H2,(H,18,19). The van der Waals surface area contributed by atoms with Crippen molar-refractivity contribution in [1.29, 1.82) is 0 Å². The number of carbonyl (C=O) groups is 2. The molecule has 0 spiro atoms. The minimum Gasteiger partial charge on any atom is -0.472 e. The Bertz CT molecular complexity index is 665. The molecule has 0 aliphatic heterocycles. The number of benzene rings is 1. The number of halogens is 3. The molecule has 6 nitrogen and oxygen atoms in total. The first-order valence-electron chi connectivity index (χ1n) is 6.18. The molecule has 2 aromatic rings. The average Bonchev–Trinajstić information content (AvgIpc) is 2.99. The third-order valence-corrected chi connectivity index (χ3v) is 2.46. The second-order valence-electron chi connectivity index (χ2n) is 4.21. The van der Waals surface area contributed by atoms with Crippen molar-refractivity contribution in [3.8, 4) is 5.75 Å². The van der Waals surface area contributed by atoms with Gasteiger partial charge in [0.15, 0.2) is 6.61 Å². The lowest BCUT2D eigenvalue weighted by Crippen LogP contribution is -2.21. The monoisotopic (exact) mass is 329 g/mol. The van der Waals surface area contributed by atoms with Crippen LogP contribution in [0.2, 0.25) is 0 Å². The Kier molecular flexibility index (Phi) is 4.89. The molecule has 0 aliphatic carbocycles. The van der Waals surface area contributed by atoms with Crippen LogP contribution in [0.25, 0.3) is 0 Å². The molecule has 1 heterocycles. The zero-order chi connectivity index (χ0) is 16.9. The van der Waals surface area contributed by atoms with Gasteiger partial charge >= 0.3 is 12.3 Å². The van der Waals surface area contributed by atoms with Crippen LogP contribution in [0, 0.1) is 0 Å². The van der Waals surface area contributed by atoms with Gasteiger partial charge in [-0.25, -0.2) is 4.79 Å². The van der Waals surface area contributed by atoms with Crippen molar-refractivity contribution in [3.63, 3.8) is 0 Å². The molecule has 1 aromatic carbocycles. The molecule has 0 saturated carbocycles. The number of nitrogens with one attached hydrogen (secondary N) is 1. The summed E-state index contributed by atoms with van der Waals surface area (Å²) in [6, 6.07) is 5.90. The van der Waals surface area contributed by atoms with E-state index in [0.29, 0.717) is 0 Å². The predicted octanol–water partition coefficient (Wildman–Crippen LogP) is 2.97. The van der Waals surface area contributed by atoms with Gasteiger partial charge < -0.3 is 19.2 Å². The molecule has 0 bridgehead atoms. The number of carbonyl (C=O) groups excluding carboxylic acids is 2. The summed E-state index contributed by atoms with van der Waals surface area (Å²) in [6.45, 7) is -0.551. The fraction of sp³-hybridized carbons (Fsp3) is 0.143. The van der Waals surface area contributed by atoms with Gasteiger partial charge in [-0.1, -0.05) is 0 Å². The van der Waals surface area contributed by atoms with Crippen molar-refractivity contribution in [1.82, 2.24) is 0 Å².